The summed E-state index contributed by atoms with van der Waals surface area (Å²) in [5.74, 6) is 0.579. The molecule has 1 fully saturated rings. The number of nitrogens with one attached hydrogen (secondary N) is 1. The first-order valence-electron chi connectivity index (χ1n) is 10.7. The molecule has 0 saturated heterocycles. The van der Waals surface area contributed by atoms with E-state index in [0.717, 1.165) is 17.1 Å². The highest BCUT2D eigenvalue weighted by Crippen LogP contribution is 2.29. The number of nitrogens with zero attached hydrogens (tertiary/aromatic N) is 2. The zero-order valence-corrected chi connectivity index (χ0v) is 18.4. The van der Waals surface area contributed by atoms with Crippen LogP contribution in [-0.4, -0.2) is 28.4 Å². The maximum absolute atomic E-state index is 13.0. The smallest absolute Gasteiger partial charge is 0.235 e. The summed E-state index contributed by atoms with van der Waals surface area (Å²) in [7, 11) is 0. The van der Waals surface area contributed by atoms with Crippen LogP contribution in [0.25, 0.3) is 0 Å². The van der Waals surface area contributed by atoms with Gasteiger partial charge in [-0.2, -0.15) is 0 Å². The number of amides is 1. The number of hydrogen-bond acceptors (Lipinski definition) is 4. The first-order chi connectivity index (χ1) is 14.6. The van der Waals surface area contributed by atoms with E-state index in [1.54, 1.807) is 17.5 Å². The number of carbonyl (C=O) groups is 1. The van der Waals surface area contributed by atoms with Crippen LogP contribution in [0.1, 0.15) is 60.3 Å². The minimum Gasteiger partial charge on any atom is -0.342 e. The zero-order valence-electron chi connectivity index (χ0n) is 17.6. The van der Waals surface area contributed by atoms with Crippen molar-refractivity contribution in [1.82, 2.24) is 15.2 Å². The lowest BCUT2D eigenvalue weighted by atomic mass is 10.0. The fourth-order valence-corrected chi connectivity index (χ4v) is 4.41. The molecule has 1 unspecified atom stereocenters. The van der Waals surface area contributed by atoms with Crippen molar-refractivity contribution in [3.8, 4) is 0 Å². The van der Waals surface area contributed by atoms with Gasteiger partial charge in [0.2, 0.25) is 5.91 Å². The average molecular weight is 420 g/mol. The Labute approximate surface area is 183 Å². The number of benzene rings is 2. The van der Waals surface area contributed by atoms with Crippen LogP contribution in [0, 0.1) is 0 Å². The Kier molecular flexibility index (Phi) is 6.60. The summed E-state index contributed by atoms with van der Waals surface area (Å²) in [6.45, 7) is 5.64. The first-order valence-corrected chi connectivity index (χ1v) is 11.5. The first kappa shape index (κ1) is 20.8. The van der Waals surface area contributed by atoms with Crippen LogP contribution in [0.5, 0.6) is 0 Å². The molecule has 4 nitrogen and oxygen atoms in total. The van der Waals surface area contributed by atoms with Crippen LogP contribution < -0.4 is 5.32 Å². The third kappa shape index (κ3) is 5.35. The molecule has 4 rings (SSSR count). The van der Waals surface area contributed by atoms with E-state index in [0.29, 0.717) is 18.5 Å². The number of rotatable bonds is 9. The Balaban J connectivity index is 1.43. The summed E-state index contributed by atoms with van der Waals surface area (Å²) in [4.78, 5) is 19.8. The molecule has 156 valence electrons. The molecule has 30 heavy (non-hydrogen) atoms. The topological polar surface area (TPSA) is 45.2 Å². The quantitative estimate of drug-likeness (QED) is 0.522. The molecule has 0 bridgehead atoms. The van der Waals surface area contributed by atoms with Crippen molar-refractivity contribution in [3.05, 3.63) is 87.9 Å². The number of thiazole rings is 1. The summed E-state index contributed by atoms with van der Waals surface area (Å²) in [5.41, 5.74) is 3.67. The molecule has 1 saturated carbocycles. The van der Waals surface area contributed by atoms with E-state index in [9.17, 15) is 4.79 Å². The summed E-state index contributed by atoms with van der Waals surface area (Å²) in [6, 6.07) is 19.2. The molecule has 2 aromatic carbocycles. The fourth-order valence-electron chi connectivity index (χ4n) is 3.70. The predicted octanol–water partition coefficient (Wildman–Crippen LogP) is 5.14. The normalized spacial score (nSPS) is 14.8. The highest BCUT2D eigenvalue weighted by Gasteiger charge is 2.31. The minimum atomic E-state index is -0.204. The highest BCUT2D eigenvalue weighted by atomic mass is 32.1. The number of hydrogen-bond donors (Lipinski definition) is 1. The maximum atomic E-state index is 13.0. The van der Waals surface area contributed by atoms with Gasteiger partial charge in [-0.25, -0.2) is 4.98 Å². The molecule has 1 aliphatic carbocycles. The van der Waals surface area contributed by atoms with Gasteiger partial charge in [-0.1, -0.05) is 68.4 Å². The van der Waals surface area contributed by atoms with E-state index in [1.807, 2.05) is 35.7 Å². The number of carbonyl (C=O) groups excluding carboxylic acids is 1. The van der Waals surface area contributed by atoms with E-state index < -0.39 is 0 Å². The Morgan fingerprint density at radius 3 is 2.43 bits per heavy atom. The average Bonchev–Trinajstić information content (AvgIpc) is 3.47. The Hall–Kier alpha value is -2.50. The monoisotopic (exact) mass is 419 g/mol. The lowest BCUT2D eigenvalue weighted by Crippen LogP contribution is -2.40. The van der Waals surface area contributed by atoms with E-state index in [-0.39, 0.29) is 11.9 Å². The fraction of sp³-hybridized carbons (Fsp3) is 0.360. The van der Waals surface area contributed by atoms with Crippen LogP contribution in [0.2, 0.25) is 0 Å². The van der Waals surface area contributed by atoms with Crippen LogP contribution >= 0.6 is 11.3 Å². The van der Waals surface area contributed by atoms with Gasteiger partial charge in [0.05, 0.1) is 6.54 Å². The van der Waals surface area contributed by atoms with Crippen molar-refractivity contribution < 1.29 is 4.79 Å². The van der Waals surface area contributed by atoms with Gasteiger partial charge in [0.15, 0.2) is 0 Å². The maximum Gasteiger partial charge on any atom is 0.235 e. The van der Waals surface area contributed by atoms with E-state index in [2.05, 4.69) is 53.3 Å². The van der Waals surface area contributed by atoms with Crippen LogP contribution in [-0.2, 0) is 11.3 Å². The molecule has 1 aromatic heterocycles. The lowest BCUT2D eigenvalue weighted by molar-refractivity contribution is -0.123. The van der Waals surface area contributed by atoms with Gasteiger partial charge < -0.3 is 5.32 Å². The van der Waals surface area contributed by atoms with Gasteiger partial charge in [-0.05, 0) is 35.4 Å². The molecule has 1 N–H and O–H groups in total. The minimum absolute atomic E-state index is 0.0461. The summed E-state index contributed by atoms with van der Waals surface area (Å²) >= 11 is 1.57. The second-order valence-corrected chi connectivity index (χ2v) is 9.24. The highest BCUT2D eigenvalue weighted by molar-refractivity contribution is 7.09. The van der Waals surface area contributed by atoms with Gasteiger partial charge in [-0.3, -0.25) is 9.69 Å². The molecular formula is C25H29N3OS. The van der Waals surface area contributed by atoms with E-state index >= 15 is 0 Å². The van der Waals surface area contributed by atoms with E-state index in [1.165, 1.54) is 24.0 Å². The van der Waals surface area contributed by atoms with Gasteiger partial charge in [0.1, 0.15) is 11.0 Å². The second-order valence-electron chi connectivity index (χ2n) is 8.31. The second kappa shape index (κ2) is 9.54. The Morgan fingerprint density at radius 1 is 1.10 bits per heavy atom. The van der Waals surface area contributed by atoms with Crippen molar-refractivity contribution in [2.24, 2.45) is 0 Å². The molecule has 1 aliphatic rings. The molecule has 0 aliphatic heterocycles. The van der Waals surface area contributed by atoms with Crippen LogP contribution in [0.15, 0.2) is 66.2 Å². The van der Waals surface area contributed by atoms with E-state index in [4.69, 9.17) is 0 Å². The Morgan fingerprint density at radius 2 is 1.83 bits per heavy atom. The molecular weight excluding hydrogens is 390 g/mol. The van der Waals surface area contributed by atoms with Gasteiger partial charge in [0, 0.05) is 24.2 Å². The molecule has 0 radical (unpaired) electrons. The van der Waals surface area contributed by atoms with Crippen molar-refractivity contribution >= 4 is 17.2 Å². The summed E-state index contributed by atoms with van der Waals surface area (Å²) in [5, 5.41) is 6.09. The molecule has 1 amide bonds. The third-order valence-electron chi connectivity index (χ3n) is 5.58. The van der Waals surface area contributed by atoms with Crippen molar-refractivity contribution in [2.45, 2.75) is 51.2 Å². The van der Waals surface area contributed by atoms with Crippen molar-refractivity contribution in [1.29, 1.82) is 0 Å². The third-order valence-corrected chi connectivity index (χ3v) is 6.42. The van der Waals surface area contributed by atoms with Gasteiger partial charge in [-0.15, -0.1) is 11.3 Å². The molecule has 3 aromatic rings. The van der Waals surface area contributed by atoms with Crippen LogP contribution in [0.4, 0.5) is 0 Å². The predicted molar refractivity (Wildman–Crippen MR) is 123 cm³/mol. The van der Waals surface area contributed by atoms with Gasteiger partial charge >= 0.3 is 0 Å². The molecule has 5 heteroatoms. The molecule has 1 heterocycles. The largest absolute Gasteiger partial charge is 0.342 e. The number of aromatic nitrogens is 1. The standard InChI is InChI=1S/C25H29N3OS/c1-18(2)20-10-8-19(9-11-20)16-28(22-12-13-22)17-23(29)27-24(25-26-14-15-30-25)21-6-4-3-5-7-21/h3-11,14-15,18,22,24H,12-13,16-17H2,1-2H3,(H,27,29). The summed E-state index contributed by atoms with van der Waals surface area (Å²) < 4.78 is 0. The van der Waals surface area contributed by atoms with Crippen molar-refractivity contribution in [2.75, 3.05) is 6.54 Å². The van der Waals surface area contributed by atoms with Crippen LogP contribution in [0.3, 0.4) is 0 Å². The Bertz CT molecular complexity index is 934. The zero-order chi connectivity index (χ0) is 20.9. The lowest BCUT2D eigenvalue weighted by Gasteiger charge is -2.24. The molecule has 0 spiro atoms. The van der Waals surface area contributed by atoms with Gasteiger partial charge in [0.25, 0.3) is 0 Å². The SMILES string of the molecule is CC(C)c1ccc(CN(CC(=O)NC(c2ccccc2)c2nccs2)C2CC2)cc1. The molecule has 1 atom stereocenters. The summed E-state index contributed by atoms with van der Waals surface area (Å²) in [6.07, 6.45) is 4.14. The van der Waals surface area contributed by atoms with Crippen molar-refractivity contribution in [3.63, 3.8) is 0 Å².